The van der Waals surface area contributed by atoms with Crippen molar-refractivity contribution in [2.45, 2.75) is 25.9 Å². The number of aryl methyl sites for hydroxylation is 1. The van der Waals surface area contributed by atoms with Crippen molar-refractivity contribution in [1.82, 2.24) is 9.97 Å². The molecule has 0 radical (unpaired) electrons. The van der Waals surface area contributed by atoms with E-state index in [9.17, 15) is 0 Å². The minimum atomic E-state index is 0.344. The van der Waals surface area contributed by atoms with E-state index in [0.717, 1.165) is 42.3 Å². The molecule has 0 amide bonds. The number of hydrogen-bond donors (Lipinski definition) is 2. The highest BCUT2D eigenvalue weighted by atomic mass is 16.5. The third-order valence-corrected chi connectivity index (χ3v) is 3.84. The van der Waals surface area contributed by atoms with E-state index in [0.29, 0.717) is 25.5 Å². The molecule has 1 aliphatic rings. The van der Waals surface area contributed by atoms with Gasteiger partial charge in [0, 0.05) is 24.3 Å². The van der Waals surface area contributed by atoms with Gasteiger partial charge in [0.15, 0.2) is 5.82 Å². The first kappa shape index (κ1) is 15.6. The first-order chi connectivity index (χ1) is 11.3. The number of fused-ring (bicyclic) bond motifs is 1. The molecule has 3 rings (SSSR count). The third-order valence-electron chi connectivity index (χ3n) is 3.84. The Kier molecular flexibility index (Phi) is 4.92. The van der Waals surface area contributed by atoms with Crippen molar-refractivity contribution in [1.29, 1.82) is 0 Å². The molecule has 1 heterocycles. The molecule has 0 fully saturated rings. The molecule has 0 spiro atoms. The lowest BCUT2D eigenvalue weighted by Crippen LogP contribution is -2.17. The molecular weight excluding hydrogens is 292 g/mol. The average Bonchev–Trinajstić information content (AvgIpc) is 3.07. The van der Waals surface area contributed by atoms with Crippen LogP contribution < -0.4 is 20.5 Å². The van der Waals surface area contributed by atoms with Gasteiger partial charge in [-0.2, -0.15) is 0 Å². The Morgan fingerprint density at radius 3 is 2.65 bits per heavy atom. The third kappa shape index (κ3) is 3.71. The Morgan fingerprint density at radius 2 is 1.91 bits per heavy atom. The highest BCUT2D eigenvalue weighted by molar-refractivity contribution is 5.48. The van der Waals surface area contributed by atoms with Crippen LogP contribution in [0.5, 0.6) is 11.5 Å². The molecule has 0 atom stereocenters. The number of ether oxygens (including phenoxy) is 2. The van der Waals surface area contributed by atoms with Crippen LogP contribution in [0.4, 0.5) is 5.82 Å². The van der Waals surface area contributed by atoms with Gasteiger partial charge in [0.25, 0.3) is 0 Å². The minimum Gasteiger partial charge on any atom is -0.497 e. The summed E-state index contributed by atoms with van der Waals surface area (Å²) in [4.78, 5) is 9.24. The Hall–Kier alpha value is -2.34. The fourth-order valence-electron chi connectivity index (χ4n) is 2.70. The van der Waals surface area contributed by atoms with Crippen LogP contribution in [-0.4, -0.2) is 30.2 Å². The minimum absolute atomic E-state index is 0.344. The van der Waals surface area contributed by atoms with Crippen LogP contribution in [0.15, 0.2) is 24.3 Å². The summed E-state index contributed by atoms with van der Waals surface area (Å²) < 4.78 is 10.9. The van der Waals surface area contributed by atoms with Crippen molar-refractivity contribution in [2.24, 2.45) is 5.73 Å². The van der Waals surface area contributed by atoms with Crippen molar-refractivity contribution >= 4 is 5.82 Å². The molecule has 0 bridgehead atoms. The predicted molar refractivity (Wildman–Crippen MR) is 88.9 cm³/mol. The van der Waals surface area contributed by atoms with Gasteiger partial charge >= 0.3 is 0 Å². The topological polar surface area (TPSA) is 82.3 Å². The molecule has 1 aromatic heterocycles. The molecule has 2 aromatic rings. The largest absolute Gasteiger partial charge is 0.497 e. The summed E-state index contributed by atoms with van der Waals surface area (Å²) >= 11 is 0. The highest BCUT2D eigenvalue weighted by Crippen LogP contribution is 2.26. The molecular formula is C17H22N4O2. The lowest BCUT2D eigenvalue weighted by atomic mass is 10.2. The second kappa shape index (κ2) is 7.28. The van der Waals surface area contributed by atoms with Gasteiger partial charge in [0.2, 0.25) is 0 Å². The van der Waals surface area contributed by atoms with Gasteiger partial charge in [0.05, 0.1) is 7.11 Å². The normalized spacial score (nSPS) is 12.8. The first-order valence-corrected chi connectivity index (χ1v) is 7.89. The van der Waals surface area contributed by atoms with E-state index in [1.165, 1.54) is 5.56 Å². The van der Waals surface area contributed by atoms with Crippen LogP contribution in [0.25, 0.3) is 0 Å². The molecule has 23 heavy (non-hydrogen) atoms. The van der Waals surface area contributed by atoms with Crippen LogP contribution in [0.2, 0.25) is 0 Å². The van der Waals surface area contributed by atoms with Gasteiger partial charge in [-0.15, -0.1) is 0 Å². The van der Waals surface area contributed by atoms with E-state index in [1.54, 1.807) is 7.11 Å². The molecule has 6 nitrogen and oxygen atoms in total. The van der Waals surface area contributed by atoms with Gasteiger partial charge in [0.1, 0.15) is 23.9 Å². The standard InChI is InChI=1S/C17H22N4O2/c1-22-12-5-7-13(8-6-12)23-11-16-20-15-4-2-3-14(15)17(21-16)19-10-9-18/h5-8H,2-4,9-11,18H2,1H3,(H,19,20,21). The Balaban J connectivity index is 1.71. The first-order valence-electron chi connectivity index (χ1n) is 7.89. The average molecular weight is 314 g/mol. The fourth-order valence-corrected chi connectivity index (χ4v) is 2.70. The van der Waals surface area contributed by atoms with Crippen molar-refractivity contribution in [3.05, 3.63) is 41.3 Å². The Morgan fingerprint density at radius 1 is 1.13 bits per heavy atom. The van der Waals surface area contributed by atoms with Gasteiger partial charge in [-0.3, -0.25) is 0 Å². The maximum atomic E-state index is 5.78. The van der Waals surface area contributed by atoms with E-state index in [-0.39, 0.29) is 0 Å². The summed E-state index contributed by atoms with van der Waals surface area (Å²) in [6, 6.07) is 7.49. The molecule has 122 valence electrons. The number of hydrogen-bond acceptors (Lipinski definition) is 6. The SMILES string of the molecule is COc1ccc(OCc2nc3c(c(NCCN)n2)CCC3)cc1. The van der Waals surface area contributed by atoms with Crippen LogP contribution in [-0.2, 0) is 19.4 Å². The molecule has 0 aliphatic heterocycles. The summed E-state index contributed by atoms with van der Waals surface area (Å²) in [5.74, 6) is 3.18. The predicted octanol–water partition coefficient (Wildman–Crippen LogP) is 1.92. The van der Waals surface area contributed by atoms with E-state index in [4.69, 9.17) is 15.2 Å². The highest BCUT2D eigenvalue weighted by Gasteiger charge is 2.19. The number of benzene rings is 1. The quantitative estimate of drug-likeness (QED) is 0.812. The number of rotatable bonds is 7. The molecule has 3 N–H and O–H groups in total. The van der Waals surface area contributed by atoms with E-state index >= 15 is 0 Å². The van der Waals surface area contributed by atoms with Gasteiger partial charge in [-0.1, -0.05) is 0 Å². The second-order valence-corrected chi connectivity index (χ2v) is 5.45. The molecule has 0 saturated heterocycles. The summed E-state index contributed by atoms with van der Waals surface area (Å²) in [7, 11) is 1.64. The van der Waals surface area contributed by atoms with Gasteiger partial charge in [-0.05, 0) is 43.5 Å². The lowest BCUT2D eigenvalue weighted by molar-refractivity contribution is 0.295. The fraction of sp³-hybridized carbons (Fsp3) is 0.412. The number of methoxy groups -OCH3 is 1. The Labute approximate surface area is 136 Å². The number of anilines is 1. The van der Waals surface area contributed by atoms with Crippen molar-refractivity contribution in [3.63, 3.8) is 0 Å². The molecule has 1 aliphatic carbocycles. The maximum Gasteiger partial charge on any atom is 0.168 e. The molecule has 0 unspecified atom stereocenters. The van der Waals surface area contributed by atoms with E-state index in [1.807, 2.05) is 24.3 Å². The number of nitrogens with two attached hydrogens (primary N) is 1. The maximum absolute atomic E-state index is 5.78. The number of nitrogens with one attached hydrogen (secondary N) is 1. The van der Waals surface area contributed by atoms with Crippen molar-refractivity contribution in [2.75, 3.05) is 25.5 Å². The van der Waals surface area contributed by atoms with Gasteiger partial charge in [-0.25, -0.2) is 9.97 Å². The lowest BCUT2D eigenvalue weighted by Gasteiger charge is -2.12. The molecule has 0 saturated carbocycles. The van der Waals surface area contributed by atoms with Crippen molar-refractivity contribution < 1.29 is 9.47 Å². The molecule has 1 aromatic carbocycles. The zero-order chi connectivity index (χ0) is 16.1. The zero-order valence-electron chi connectivity index (χ0n) is 13.3. The van der Waals surface area contributed by atoms with E-state index < -0.39 is 0 Å². The Bertz CT molecular complexity index is 658. The van der Waals surface area contributed by atoms with Crippen LogP contribution in [0.1, 0.15) is 23.5 Å². The summed E-state index contributed by atoms with van der Waals surface area (Å²) in [6.45, 7) is 1.63. The summed E-state index contributed by atoms with van der Waals surface area (Å²) in [5.41, 5.74) is 7.94. The van der Waals surface area contributed by atoms with Crippen LogP contribution in [0, 0.1) is 0 Å². The van der Waals surface area contributed by atoms with Gasteiger partial charge < -0.3 is 20.5 Å². The summed E-state index contributed by atoms with van der Waals surface area (Å²) in [6.07, 6.45) is 3.16. The monoisotopic (exact) mass is 314 g/mol. The number of nitrogens with zero attached hydrogens (tertiary/aromatic N) is 2. The van der Waals surface area contributed by atoms with Crippen LogP contribution >= 0.6 is 0 Å². The molecule has 6 heteroatoms. The van der Waals surface area contributed by atoms with E-state index in [2.05, 4.69) is 15.3 Å². The van der Waals surface area contributed by atoms with Crippen molar-refractivity contribution in [3.8, 4) is 11.5 Å². The zero-order valence-corrected chi connectivity index (χ0v) is 13.3. The smallest absolute Gasteiger partial charge is 0.168 e. The van der Waals surface area contributed by atoms with Crippen LogP contribution in [0.3, 0.4) is 0 Å². The second-order valence-electron chi connectivity index (χ2n) is 5.45. The number of aromatic nitrogens is 2. The summed E-state index contributed by atoms with van der Waals surface area (Å²) in [5, 5.41) is 3.30.